The molecule has 1 aliphatic heterocycles. The quantitative estimate of drug-likeness (QED) is 0.696. The average Bonchev–Trinajstić information content (AvgIpc) is 3.12. The Balaban J connectivity index is 1.53. The van der Waals surface area contributed by atoms with Crippen molar-refractivity contribution in [2.24, 2.45) is 0 Å². The lowest BCUT2D eigenvalue weighted by molar-refractivity contribution is 0.0944. The number of amides is 1. The van der Waals surface area contributed by atoms with E-state index in [2.05, 4.69) is 5.32 Å². The van der Waals surface area contributed by atoms with Crippen molar-refractivity contribution in [1.29, 1.82) is 0 Å². The van der Waals surface area contributed by atoms with Gasteiger partial charge in [-0.3, -0.25) is 4.79 Å². The molecule has 0 saturated carbocycles. The zero-order valence-electron chi connectivity index (χ0n) is 15.4. The van der Waals surface area contributed by atoms with Crippen LogP contribution >= 0.6 is 11.3 Å². The third-order valence-corrected chi connectivity index (χ3v) is 7.04. The first kappa shape index (κ1) is 18.7. The minimum Gasteiger partial charge on any atom is -0.488 e. The number of ether oxygens (including phenoxy) is 1. The van der Waals surface area contributed by atoms with Crippen LogP contribution in [0.4, 0.5) is 0 Å². The summed E-state index contributed by atoms with van der Waals surface area (Å²) in [7, 11) is -3.24. The zero-order chi connectivity index (χ0) is 19.9. The van der Waals surface area contributed by atoms with Gasteiger partial charge in [0.05, 0.1) is 15.8 Å². The van der Waals surface area contributed by atoms with E-state index in [0.717, 1.165) is 27.3 Å². The molecule has 2 aromatic carbocycles. The van der Waals surface area contributed by atoms with E-state index in [0.29, 0.717) is 11.5 Å². The number of hydrogen-bond acceptors (Lipinski definition) is 5. The Bertz CT molecular complexity index is 1150. The van der Waals surface area contributed by atoms with E-state index in [1.807, 2.05) is 37.3 Å². The molecule has 1 unspecified atom stereocenters. The maximum Gasteiger partial charge on any atom is 0.261 e. The summed E-state index contributed by atoms with van der Waals surface area (Å²) in [5.74, 6) is 0.680. The smallest absolute Gasteiger partial charge is 0.261 e. The van der Waals surface area contributed by atoms with Crippen molar-refractivity contribution in [2.45, 2.75) is 24.5 Å². The van der Waals surface area contributed by atoms with Gasteiger partial charge in [0.2, 0.25) is 0 Å². The van der Waals surface area contributed by atoms with Crippen LogP contribution in [0.25, 0.3) is 10.4 Å². The molecule has 1 aliphatic rings. The van der Waals surface area contributed by atoms with Gasteiger partial charge >= 0.3 is 0 Å². The summed E-state index contributed by atoms with van der Waals surface area (Å²) in [4.78, 5) is 14.7. The van der Waals surface area contributed by atoms with Gasteiger partial charge in [-0.05, 0) is 42.8 Å². The van der Waals surface area contributed by atoms with Gasteiger partial charge in [0, 0.05) is 22.3 Å². The maximum atomic E-state index is 12.7. The van der Waals surface area contributed by atoms with Gasteiger partial charge in [-0.15, -0.1) is 11.3 Å². The Morgan fingerprint density at radius 1 is 1.14 bits per heavy atom. The highest BCUT2D eigenvalue weighted by Gasteiger charge is 2.23. The van der Waals surface area contributed by atoms with Crippen molar-refractivity contribution in [1.82, 2.24) is 5.32 Å². The molecule has 1 N–H and O–H groups in total. The normalized spacial score (nSPS) is 13.8. The number of carbonyl (C=O) groups is 1. The molecule has 0 spiro atoms. The summed E-state index contributed by atoms with van der Waals surface area (Å²) >= 11 is 1.46. The van der Waals surface area contributed by atoms with E-state index in [-0.39, 0.29) is 16.8 Å². The highest BCUT2D eigenvalue weighted by molar-refractivity contribution is 7.90. The molecule has 1 amide bonds. The van der Waals surface area contributed by atoms with Crippen LogP contribution in [-0.2, 0) is 16.4 Å². The Hall–Kier alpha value is -2.64. The van der Waals surface area contributed by atoms with Gasteiger partial charge in [-0.25, -0.2) is 8.42 Å². The predicted molar refractivity (Wildman–Crippen MR) is 110 cm³/mol. The molecule has 2 heterocycles. The van der Waals surface area contributed by atoms with E-state index in [9.17, 15) is 13.2 Å². The first-order chi connectivity index (χ1) is 13.3. The molecule has 0 radical (unpaired) electrons. The Morgan fingerprint density at radius 2 is 1.86 bits per heavy atom. The minimum absolute atomic E-state index is 0.156. The summed E-state index contributed by atoms with van der Waals surface area (Å²) in [5, 5.41) is 2.98. The summed E-state index contributed by atoms with van der Waals surface area (Å²) < 4.78 is 28.9. The van der Waals surface area contributed by atoms with Crippen molar-refractivity contribution in [3.8, 4) is 16.2 Å². The Labute approximate surface area is 167 Å². The number of thiophene rings is 1. The molecule has 0 saturated heterocycles. The number of hydrogen-bond donors (Lipinski definition) is 1. The summed E-state index contributed by atoms with van der Waals surface area (Å²) in [6.45, 7) is 2.33. The van der Waals surface area contributed by atoms with Crippen molar-refractivity contribution >= 4 is 27.1 Å². The molecule has 5 nitrogen and oxygen atoms in total. The van der Waals surface area contributed by atoms with Gasteiger partial charge in [0.25, 0.3) is 5.91 Å². The lowest BCUT2D eigenvalue weighted by Crippen LogP contribution is -2.25. The summed E-state index contributed by atoms with van der Waals surface area (Å²) in [6.07, 6.45) is 1.17. The number of carbonyl (C=O) groups excluding carboxylic acids is 1. The predicted octanol–water partition coefficient (Wildman–Crippen LogP) is 4.20. The molecule has 7 heteroatoms. The average molecular weight is 414 g/mol. The minimum atomic E-state index is -3.24. The van der Waals surface area contributed by atoms with Gasteiger partial charge < -0.3 is 10.1 Å². The first-order valence-corrected chi connectivity index (χ1v) is 11.5. The molecule has 0 fully saturated rings. The topological polar surface area (TPSA) is 72.5 Å². The first-order valence-electron chi connectivity index (χ1n) is 8.79. The second kappa shape index (κ2) is 7.07. The molecule has 4 rings (SSSR count). The largest absolute Gasteiger partial charge is 0.488 e. The van der Waals surface area contributed by atoms with Gasteiger partial charge in [-0.1, -0.05) is 24.3 Å². The fraction of sp³-hybridized carbons (Fsp3) is 0.190. The third kappa shape index (κ3) is 3.55. The molecule has 0 aliphatic carbocycles. The number of benzene rings is 2. The second-order valence-corrected chi connectivity index (χ2v) is 9.85. The number of fused-ring (bicyclic) bond motifs is 3. The molecular weight excluding hydrogens is 394 g/mol. The van der Waals surface area contributed by atoms with Crippen molar-refractivity contribution in [3.05, 3.63) is 70.6 Å². The van der Waals surface area contributed by atoms with Crippen molar-refractivity contribution in [2.75, 3.05) is 6.26 Å². The molecule has 144 valence electrons. The Morgan fingerprint density at radius 3 is 2.57 bits per heavy atom. The van der Waals surface area contributed by atoms with E-state index in [1.54, 1.807) is 24.3 Å². The van der Waals surface area contributed by atoms with Crippen LogP contribution in [0.3, 0.4) is 0 Å². The van der Waals surface area contributed by atoms with Gasteiger partial charge in [-0.2, -0.15) is 0 Å². The molecule has 1 atom stereocenters. The van der Waals surface area contributed by atoms with E-state index in [4.69, 9.17) is 4.74 Å². The van der Waals surface area contributed by atoms with Gasteiger partial charge in [0.15, 0.2) is 9.84 Å². The number of nitrogens with one attached hydrogen (secondary N) is 1. The maximum absolute atomic E-state index is 12.7. The summed E-state index contributed by atoms with van der Waals surface area (Å²) in [6, 6.07) is 16.0. The Kier molecular flexibility index (Phi) is 4.72. The fourth-order valence-electron chi connectivity index (χ4n) is 3.17. The summed E-state index contributed by atoms with van der Waals surface area (Å²) in [5.41, 5.74) is 2.87. The van der Waals surface area contributed by atoms with Crippen molar-refractivity contribution < 1.29 is 17.9 Å². The van der Waals surface area contributed by atoms with Crippen LogP contribution in [0.1, 0.15) is 33.8 Å². The van der Waals surface area contributed by atoms with Gasteiger partial charge in [0.1, 0.15) is 12.4 Å². The highest BCUT2D eigenvalue weighted by atomic mass is 32.2. The number of rotatable bonds is 4. The zero-order valence-corrected chi connectivity index (χ0v) is 17.1. The van der Waals surface area contributed by atoms with Crippen LogP contribution in [0, 0.1) is 0 Å². The number of para-hydroxylation sites is 1. The molecule has 0 bridgehead atoms. The molecular formula is C21H19NO4S2. The molecule has 3 aromatic rings. The van der Waals surface area contributed by atoms with Crippen LogP contribution in [0.5, 0.6) is 5.75 Å². The highest BCUT2D eigenvalue weighted by Crippen LogP contribution is 2.42. The van der Waals surface area contributed by atoms with Crippen LogP contribution in [0.2, 0.25) is 0 Å². The SMILES string of the molecule is CC(NC(=O)c1cc2c(s1)-c1ccccc1OC2)c1ccc(S(C)(=O)=O)cc1. The van der Waals surface area contributed by atoms with Crippen LogP contribution in [0.15, 0.2) is 59.5 Å². The van der Waals surface area contributed by atoms with Crippen LogP contribution in [-0.4, -0.2) is 20.6 Å². The lowest BCUT2D eigenvalue weighted by atomic mass is 10.1. The van der Waals surface area contributed by atoms with Crippen molar-refractivity contribution in [3.63, 3.8) is 0 Å². The fourth-order valence-corrected chi connectivity index (χ4v) is 4.90. The molecule has 28 heavy (non-hydrogen) atoms. The van der Waals surface area contributed by atoms with E-state index < -0.39 is 9.84 Å². The lowest BCUT2D eigenvalue weighted by Gasteiger charge is -2.16. The van der Waals surface area contributed by atoms with Crippen LogP contribution < -0.4 is 10.1 Å². The van der Waals surface area contributed by atoms with E-state index in [1.165, 1.54) is 17.6 Å². The monoisotopic (exact) mass is 413 g/mol. The third-order valence-electron chi connectivity index (χ3n) is 4.70. The van der Waals surface area contributed by atoms with E-state index >= 15 is 0 Å². The number of sulfone groups is 1. The second-order valence-electron chi connectivity index (χ2n) is 6.79. The molecule has 1 aromatic heterocycles. The standard InChI is InChI=1S/C21H19NO4S2/c1-13(14-7-9-16(10-8-14)28(2,24)25)22-21(23)19-11-15-12-26-18-6-4-3-5-17(18)20(15)27-19/h3-11,13H,12H2,1-2H3,(H,22,23).